The van der Waals surface area contributed by atoms with E-state index in [1.807, 2.05) is 4.90 Å². The van der Waals surface area contributed by atoms with E-state index in [0.717, 1.165) is 32.4 Å². The van der Waals surface area contributed by atoms with E-state index in [1.165, 1.54) is 6.42 Å². The molecule has 2 rings (SSSR count). The molecule has 0 bridgehead atoms. The highest BCUT2D eigenvalue weighted by atomic mass is 16.2. The summed E-state index contributed by atoms with van der Waals surface area (Å²) in [4.78, 5) is 14.0. The Morgan fingerprint density at radius 2 is 2.20 bits per heavy atom. The Hall–Kier alpha value is -0.830. The topological polar surface area (TPSA) is 46.3 Å². The molecule has 1 aliphatic carbocycles. The minimum atomic E-state index is 0.151. The summed E-state index contributed by atoms with van der Waals surface area (Å²) in [5, 5.41) is 0. The number of nitrogens with two attached hydrogens (primary N) is 1. The van der Waals surface area contributed by atoms with Crippen molar-refractivity contribution in [1.29, 1.82) is 0 Å². The third kappa shape index (κ3) is 2.23. The van der Waals surface area contributed by atoms with Crippen LogP contribution in [0.5, 0.6) is 0 Å². The first kappa shape index (κ1) is 10.7. The van der Waals surface area contributed by atoms with Crippen LogP contribution in [0, 0.1) is 5.41 Å². The zero-order chi connectivity index (χ0) is 10.7. The average molecular weight is 208 g/mol. The van der Waals surface area contributed by atoms with Gasteiger partial charge in [0.1, 0.15) is 0 Å². The lowest BCUT2D eigenvalue weighted by molar-refractivity contribution is -0.134. The van der Waals surface area contributed by atoms with Crippen molar-refractivity contribution < 1.29 is 4.79 Å². The van der Waals surface area contributed by atoms with E-state index in [0.29, 0.717) is 18.9 Å². The number of nitrogens with zero attached hydrogens (tertiary/aromatic N) is 1. The first-order valence-electron chi connectivity index (χ1n) is 5.89. The summed E-state index contributed by atoms with van der Waals surface area (Å²) in [6, 6.07) is 0. The molecular weight excluding hydrogens is 188 g/mol. The van der Waals surface area contributed by atoms with Crippen LogP contribution in [-0.2, 0) is 4.79 Å². The molecule has 2 N–H and O–H groups in total. The molecule has 1 amide bonds. The van der Waals surface area contributed by atoms with Crippen molar-refractivity contribution in [1.82, 2.24) is 4.90 Å². The molecule has 0 aromatic heterocycles. The fourth-order valence-electron chi connectivity index (χ4n) is 2.43. The normalized spacial score (nSPS) is 23.7. The van der Waals surface area contributed by atoms with Gasteiger partial charge >= 0.3 is 0 Å². The van der Waals surface area contributed by atoms with E-state index in [-0.39, 0.29) is 5.41 Å². The highest BCUT2D eigenvalue weighted by Gasteiger charge is 2.38. The van der Waals surface area contributed by atoms with Crippen molar-refractivity contribution in [3.63, 3.8) is 0 Å². The van der Waals surface area contributed by atoms with E-state index < -0.39 is 0 Å². The maximum absolute atomic E-state index is 12.0. The molecule has 1 saturated carbocycles. The molecule has 0 aromatic rings. The third-order valence-corrected chi connectivity index (χ3v) is 3.78. The van der Waals surface area contributed by atoms with Gasteiger partial charge in [0.2, 0.25) is 5.91 Å². The molecule has 0 radical (unpaired) electrons. The van der Waals surface area contributed by atoms with Crippen molar-refractivity contribution in [2.75, 3.05) is 19.6 Å². The minimum absolute atomic E-state index is 0.151. The number of carbonyl (C=O) groups is 1. The van der Waals surface area contributed by atoms with Crippen LogP contribution in [0.15, 0.2) is 12.2 Å². The van der Waals surface area contributed by atoms with E-state index >= 15 is 0 Å². The second-order valence-electron chi connectivity index (χ2n) is 4.83. The second kappa shape index (κ2) is 4.35. The third-order valence-electron chi connectivity index (χ3n) is 3.78. The Kier molecular flexibility index (Phi) is 3.10. The monoisotopic (exact) mass is 208 g/mol. The van der Waals surface area contributed by atoms with Crippen LogP contribution in [0.4, 0.5) is 0 Å². The number of carbonyl (C=O) groups excluding carboxylic acids is 1. The smallest absolute Gasteiger partial charge is 0.223 e. The Balaban J connectivity index is 1.88. The van der Waals surface area contributed by atoms with Crippen LogP contribution >= 0.6 is 0 Å². The molecule has 0 atom stereocenters. The molecule has 1 fully saturated rings. The van der Waals surface area contributed by atoms with Crippen molar-refractivity contribution in [2.24, 2.45) is 11.1 Å². The minimum Gasteiger partial charge on any atom is -0.339 e. The first-order chi connectivity index (χ1) is 7.26. The van der Waals surface area contributed by atoms with Crippen LogP contribution in [0.1, 0.15) is 32.1 Å². The van der Waals surface area contributed by atoms with Gasteiger partial charge in [-0.2, -0.15) is 0 Å². The van der Waals surface area contributed by atoms with Gasteiger partial charge in [-0.3, -0.25) is 4.79 Å². The summed E-state index contributed by atoms with van der Waals surface area (Å²) >= 11 is 0. The lowest BCUT2D eigenvalue weighted by atomic mass is 9.66. The number of hydrogen-bond acceptors (Lipinski definition) is 2. The van der Waals surface area contributed by atoms with Crippen LogP contribution < -0.4 is 5.73 Å². The first-order valence-corrected chi connectivity index (χ1v) is 5.89. The number of amides is 1. The van der Waals surface area contributed by atoms with Gasteiger partial charge < -0.3 is 10.6 Å². The molecule has 3 heteroatoms. The van der Waals surface area contributed by atoms with Crippen molar-refractivity contribution in [3.8, 4) is 0 Å². The van der Waals surface area contributed by atoms with Gasteiger partial charge in [-0.1, -0.05) is 18.6 Å². The molecule has 0 aromatic carbocycles. The van der Waals surface area contributed by atoms with Gasteiger partial charge in [0.05, 0.1) is 0 Å². The predicted molar refractivity (Wildman–Crippen MR) is 60.3 cm³/mol. The Morgan fingerprint density at radius 1 is 1.40 bits per heavy atom. The standard InChI is InChI=1S/C12H20N2O/c13-10-12(5-4-6-12)9-11(15)14-7-2-1-3-8-14/h1-2H,3-10,13H2. The fraction of sp³-hybridized carbons (Fsp3) is 0.750. The molecule has 1 heterocycles. The molecule has 15 heavy (non-hydrogen) atoms. The summed E-state index contributed by atoms with van der Waals surface area (Å²) in [6.45, 7) is 2.35. The van der Waals surface area contributed by atoms with Gasteiger partial charge in [-0.15, -0.1) is 0 Å². The van der Waals surface area contributed by atoms with Crippen LogP contribution in [0.2, 0.25) is 0 Å². The Labute approximate surface area is 91.3 Å². The molecule has 0 saturated heterocycles. The fourth-order valence-corrected chi connectivity index (χ4v) is 2.43. The zero-order valence-corrected chi connectivity index (χ0v) is 9.24. The molecule has 0 unspecified atom stereocenters. The lowest BCUT2D eigenvalue weighted by Crippen LogP contribution is -2.44. The molecule has 3 nitrogen and oxygen atoms in total. The summed E-state index contributed by atoms with van der Waals surface area (Å²) in [7, 11) is 0. The van der Waals surface area contributed by atoms with Gasteiger partial charge in [0.15, 0.2) is 0 Å². The average Bonchev–Trinajstić information content (AvgIpc) is 2.24. The number of hydrogen-bond donors (Lipinski definition) is 1. The van der Waals surface area contributed by atoms with E-state index in [9.17, 15) is 4.79 Å². The lowest BCUT2D eigenvalue weighted by Gasteiger charge is -2.41. The molecular formula is C12H20N2O. The van der Waals surface area contributed by atoms with Crippen molar-refractivity contribution in [2.45, 2.75) is 32.1 Å². The largest absolute Gasteiger partial charge is 0.339 e. The highest BCUT2D eigenvalue weighted by Crippen LogP contribution is 2.43. The van der Waals surface area contributed by atoms with Crippen LogP contribution in [0.25, 0.3) is 0 Å². The van der Waals surface area contributed by atoms with Crippen LogP contribution in [-0.4, -0.2) is 30.4 Å². The maximum Gasteiger partial charge on any atom is 0.223 e. The van der Waals surface area contributed by atoms with Crippen molar-refractivity contribution in [3.05, 3.63) is 12.2 Å². The number of rotatable bonds is 3. The molecule has 1 aliphatic heterocycles. The summed E-state index contributed by atoms with van der Waals surface area (Å²) in [5.74, 6) is 0.296. The van der Waals surface area contributed by atoms with E-state index in [2.05, 4.69) is 12.2 Å². The highest BCUT2D eigenvalue weighted by molar-refractivity contribution is 5.77. The predicted octanol–water partition coefficient (Wildman–Crippen LogP) is 1.29. The van der Waals surface area contributed by atoms with Gasteiger partial charge in [0.25, 0.3) is 0 Å². The Morgan fingerprint density at radius 3 is 2.67 bits per heavy atom. The van der Waals surface area contributed by atoms with Crippen LogP contribution in [0.3, 0.4) is 0 Å². The van der Waals surface area contributed by atoms with E-state index in [1.54, 1.807) is 0 Å². The maximum atomic E-state index is 12.0. The molecule has 84 valence electrons. The van der Waals surface area contributed by atoms with Crippen molar-refractivity contribution >= 4 is 5.91 Å². The SMILES string of the molecule is NCC1(CC(=O)N2CC=CCC2)CCC1. The molecule has 0 spiro atoms. The summed E-state index contributed by atoms with van der Waals surface area (Å²) in [5.41, 5.74) is 5.91. The Bertz CT molecular complexity index is 263. The van der Waals surface area contributed by atoms with Gasteiger partial charge in [-0.05, 0) is 31.2 Å². The van der Waals surface area contributed by atoms with Gasteiger partial charge in [-0.25, -0.2) is 0 Å². The van der Waals surface area contributed by atoms with E-state index in [4.69, 9.17) is 5.73 Å². The summed E-state index contributed by atoms with van der Waals surface area (Å²) < 4.78 is 0. The van der Waals surface area contributed by atoms with Gasteiger partial charge in [0, 0.05) is 19.5 Å². The molecule has 2 aliphatic rings. The zero-order valence-electron chi connectivity index (χ0n) is 9.24. The quantitative estimate of drug-likeness (QED) is 0.710. The summed E-state index contributed by atoms with van der Waals surface area (Å²) in [6.07, 6.45) is 9.41. The second-order valence-corrected chi connectivity index (χ2v) is 4.83.